The van der Waals surface area contributed by atoms with Gasteiger partial charge in [0, 0.05) is 12.4 Å². The number of nitrogens with one attached hydrogen (secondary N) is 2. The van der Waals surface area contributed by atoms with Gasteiger partial charge in [-0.05, 0) is 24.3 Å². The van der Waals surface area contributed by atoms with Gasteiger partial charge in [0.2, 0.25) is 0 Å². The standard InChI is InChI=1S/C14H12N2O2S/c1-3-9(15-5-1)13-11-12(18-8-7-17-11)14(19-13)10-4-2-6-16-10/h1-6,15-16H,7-8H2. The van der Waals surface area contributed by atoms with E-state index >= 15 is 0 Å². The van der Waals surface area contributed by atoms with Gasteiger partial charge in [0.25, 0.3) is 0 Å². The fourth-order valence-electron chi connectivity index (χ4n) is 2.25. The van der Waals surface area contributed by atoms with Crippen molar-refractivity contribution in [2.45, 2.75) is 0 Å². The largest absolute Gasteiger partial charge is 0.485 e. The minimum Gasteiger partial charge on any atom is -0.485 e. The molecule has 4 rings (SSSR count). The molecule has 0 saturated heterocycles. The monoisotopic (exact) mass is 272 g/mol. The molecule has 2 N–H and O–H groups in total. The van der Waals surface area contributed by atoms with Crippen LogP contribution in [0.2, 0.25) is 0 Å². The van der Waals surface area contributed by atoms with Crippen LogP contribution in [-0.2, 0) is 0 Å². The van der Waals surface area contributed by atoms with Gasteiger partial charge in [-0.2, -0.15) is 0 Å². The lowest BCUT2D eigenvalue weighted by Gasteiger charge is -2.16. The molecule has 96 valence electrons. The molecule has 3 aromatic heterocycles. The van der Waals surface area contributed by atoms with Crippen molar-refractivity contribution in [3.8, 4) is 32.6 Å². The zero-order valence-corrected chi connectivity index (χ0v) is 10.9. The third kappa shape index (κ3) is 1.66. The Bertz CT molecular complexity index is 625. The van der Waals surface area contributed by atoms with E-state index in [-0.39, 0.29) is 0 Å². The van der Waals surface area contributed by atoms with Gasteiger partial charge in [-0.1, -0.05) is 0 Å². The third-order valence-electron chi connectivity index (χ3n) is 3.08. The minimum absolute atomic E-state index is 0.599. The van der Waals surface area contributed by atoms with Crippen molar-refractivity contribution in [2.24, 2.45) is 0 Å². The molecule has 0 amide bonds. The second-order valence-electron chi connectivity index (χ2n) is 4.28. The maximum Gasteiger partial charge on any atom is 0.182 e. The van der Waals surface area contributed by atoms with Crippen molar-refractivity contribution < 1.29 is 9.47 Å². The van der Waals surface area contributed by atoms with E-state index in [0.717, 1.165) is 32.6 Å². The number of aromatic nitrogens is 2. The highest BCUT2D eigenvalue weighted by Crippen LogP contribution is 2.52. The molecule has 0 unspecified atom stereocenters. The first-order chi connectivity index (χ1) is 9.43. The molecule has 0 fully saturated rings. The summed E-state index contributed by atoms with van der Waals surface area (Å²) in [6, 6.07) is 8.06. The van der Waals surface area contributed by atoms with Crippen LogP contribution in [0.5, 0.6) is 11.5 Å². The fourth-order valence-corrected chi connectivity index (χ4v) is 3.41. The number of aromatic amines is 2. The number of ether oxygens (including phenoxy) is 2. The van der Waals surface area contributed by atoms with E-state index in [1.165, 1.54) is 0 Å². The number of fused-ring (bicyclic) bond motifs is 1. The highest BCUT2D eigenvalue weighted by molar-refractivity contribution is 7.19. The summed E-state index contributed by atoms with van der Waals surface area (Å²) in [6.45, 7) is 1.20. The average molecular weight is 272 g/mol. The molecule has 0 aliphatic carbocycles. The molecule has 19 heavy (non-hydrogen) atoms. The number of H-pyrrole nitrogens is 2. The van der Waals surface area contributed by atoms with E-state index in [0.29, 0.717) is 13.2 Å². The summed E-state index contributed by atoms with van der Waals surface area (Å²) in [5.74, 6) is 1.70. The van der Waals surface area contributed by atoms with Gasteiger partial charge >= 0.3 is 0 Å². The average Bonchev–Trinajstić information content (AvgIpc) is 3.18. The zero-order valence-electron chi connectivity index (χ0n) is 10.1. The molecule has 1 aliphatic heterocycles. The van der Waals surface area contributed by atoms with E-state index in [1.807, 2.05) is 36.7 Å². The molecular formula is C14H12N2O2S. The summed E-state index contributed by atoms with van der Waals surface area (Å²) >= 11 is 1.68. The fraction of sp³-hybridized carbons (Fsp3) is 0.143. The summed E-state index contributed by atoms with van der Waals surface area (Å²) in [6.07, 6.45) is 3.83. The van der Waals surface area contributed by atoms with Gasteiger partial charge in [-0.25, -0.2) is 0 Å². The normalized spacial score (nSPS) is 13.7. The maximum atomic E-state index is 5.81. The molecule has 3 aromatic rings. The van der Waals surface area contributed by atoms with Crippen LogP contribution in [0, 0.1) is 0 Å². The molecule has 0 spiro atoms. The van der Waals surface area contributed by atoms with Crippen molar-refractivity contribution in [2.75, 3.05) is 13.2 Å². The Morgan fingerprint density at radius 3 is 1.79 bits per heavy atom. The second kappa shape index (κ2) is 4.20. The SMILES string of the molecule is c1c[nH]c(-c2sc(-c3ccc[nH]3)c3c2OCCO3)c1. The lowest BCUT2D eigenvalue weighted by molar-refractivity contribution is 0.175. The molecule has 0 radical (unpaired) electrons. The van der Waals surface area contributed by atoms with Crippen molar-refractivity contribution in [3.63, 3.8) is 0 Å². The minimum atomic E-state index is 0.599. The first-order valence-corrected chi connectivity index (χ1v) is 6.95. The van der Waals surface area contributed by atoms with E-state index < -0.39 is 0 Å². The van der Waals surface area contributed by atoms with Gasteiger partial charge < -0.3 is 19.4 Å². The number of hydrogen-bond acceptors (Lipinski definition) is 3. The van der Waals surface area contributed by atoms with Gasteiger partial charge in [0.1, 0.15) is 13.2 Å². The van der Waals surface area contributed by atoms with Gasteiger partial charge in [0.05, 0.1) is 21.1 Å². The molecule has 0 saturated carbocycles. The highest BCUT2D eigenvalue weighted by atomic mass is 32.1. The molecular weight excluding hydrogens is 260 g/mol. The lowest BCUT2D eigenvalue weighted by atomic mass is 10.2. The second-order valence-corrected chi connectivity index (χ2v) is 5.30. The first-order valence-electron chi connectivity index (χ1n) is 6.13. The Morgan fingerprint density at radius 2 is 1.37 bits per heavy atom. The lowest BCUT2D eigenvalue weighted by Crippen LogP contribution is -2.14. The molecule has 1 aliphatic rings. The molecule has 0 bridgehead atoms. The summed E-state index contributed by atoms with van der Waals surface area (Å²) in [5.41, 5.74) is 2.12. The Morgan fingerprint density at radius 1 is 0.842 bits per heavy atom. The zero-order chi connectivity index (χ0) is 12.7. The van der Waals surface area contributed by atoms with E-state index in [2.05, 4.69) is 9.97 Å². The topological polar surface area (TPSA) is 50.0 Å². The van der Waals surface area contributed by atoms with Crippen molar-refractivity contribution in [1.29, 1.82) is 0 Å². The van der Waals surface area contributed by atoms with Crippen molar-refractivity contribution in [1.82, 2.24) is 9.97 Å². The van der Waals surface area contributed by atoms with Crippen LogP contribution in [0.1, 0.15) is 0 Å². The number of rotatable bonds is 2. The Balaban J connectivity index is 1.93. The summed E-state index contributed by atoms with van der Waals surface area (Å²) in [7, 11) is 0. The Labute approximate surface area is 114 Å². The quantitative estimate of drug-likeness (QED) is 0.750. The molecule has 4 nitrogen and oxygen atoms in total. The summed E-state index contributed by atoms with van der Waals surface area (Å²) < 4.78 is 11.6. The van der Waals surface area contributed by atoms with Crippen LogP contribution >= 0.6 is 11.3 Å². The molecule has 0 atom stereocenters. The molecule has 4 heterocycles. The van der Waals surface area contributed by atoms with Gasteiger partial charge in [-0.15, -0.1) is 11.3 Å². The van der Waals surface area contributed by atoms with Crippen LogP contribution < -0.4 is 9.47 Å². The van der Waals surface area contributed by atoms with E-state index in [1.54, 1.807) is 11.3 Å². The van der Waals surface area contributed by atoms with Crippen LogP contribution in [0.15, 0.2) is 36.7 Å². The van der Waals surface area contributed by atoms with Crippen molar-refractivity contribution in [3.05, 3.63) is 36.7 Å². The Hall–Kier alpha value is -2.14. The molecule has 0 aromatic carbocycles. The van der Waals surface area contributed by atoms with Crippen LogP contribution in [0.25, 0.3) is 21.1 Å². The van der Waals surface area contributed by atoms with Crippen molar-refractivity contribution >= 4 is 11.3 Å². The number of thiophene rings is 1. The first kappa shape index (κ1) is 10.8. The predicted octanol–water partition coefficient (Wildman–Crippen LogP) is 3.51. The summed E-state index contributed by atoms with van der Waals surface area (Å²) in [5, 5.41) is 0. The van der Waals surface area contributed by atoms with Crippen LogP contribution in [0.3, 0.4) is 0 Å². The molecule has 5 heteroatoms. The Kier molecular flexibility index (Phi) is 2.38. The predicted molar refractivity (Wildman–Crippen MR) is 74.9 cm³/mol. The van der Waals surface area contributed by atoms with E-state index in [4.69, 9.17) is 9.47 Å². The van der Waals surface area contributed by atoms with E-state index in [9.17, 15) is 0 Å². The summed E-state index contributed by atoms with van der Waals surface area (Å²) in [4.78, 5) is 8.63. The number of hydrogen-bond donors (Lipinski definition) is 2. The van der Waals surface area contributed by atoms with Gasteiger partial charge in [-0.3, -0.25) is 0 Å². The highest BCUT2D eigenvalue weighted by Gasteiger charge is 2.26. The maximum absolute atomic E-state index is 5.81. The third-order valence-corrected chi connectivity index (χ3v) is 4.30. The van der Waals surface area contributed by atoms with Crippen LogP contribution in [-0.4, -0.2) is 23.2 Å². The van der Waals surface area contributed by atoms with Gasteiger partial charge in [0.15, 0.2) is 11.5 Å². The van der Waals surface area contributed by atoms with Crippen LogP contribution in [0.4, 0.5) is 0 Å². The smallest absolute Gasteiger partial charge is 0.182 e.